The maximum absolute atomic E-state index is 12.5. The zero-order valence-corrected chi connectivity index (χ0v) is 15.2. The highest BCUT2D eigenvalue weighted by atomic mass is 19.4. The number of hydrogen-bond acceptors (Lipinski definition) is 4. The quantitative estimate of drug-likeness (QED) is 0.730. The third-order valence-electron chi connectivity index (χ3n) is 3.83. The Labute approximate surface area is 155 Å². The molecule has 0 fully saturated rings. The Kier molecular flexibility index (Phi) is 6.55. The van der Waals surface area contributed by atoms with Gasteiger partial charge < -0.3 is 19.1 Å². The zero-order valence-electron chi connectivity index (χ0n) is 15.2. The fourth-order valence-electron chi connectivity index (χ4n) is 2.48. The molecule has 0 radical (unpaired) electrons. The van der Waals surface area contributed by atoms with E-state index in [0.717, 1.165) is 0 Å². The first-order valence-electron chi connectivity index (χ1n) is 8.01. The van der Waals surface area contributed by atoms with Gasteiger partial charge in [0.15, 0.2) is 0 Å². The largest absolute Gasteiger partial charge is 0.573 e. The fraction of sp³-hybridized carbons (Fsp3) is 0.316. The number of methoxy groups -OCH3 is 2. The molecule has 0 bridgehead atoms. The number of alkyl halides is 3. The van der Waals surface area contributed by atoms with Gasteiger partial charge in [0.25, 0.3) is 0 Å². The van der Waals surface area contributed by atoms with E-state index in [1.54, 1.807) is 25.2 Å². The van der Waals surface area contributed by atoms with Crippen molar-refractivity contribution in [3.63, 3.8) is 0 Å². The number of carbonyl (C=O) groups excluding carboxylic acids is 1. The lowest BCUT2D eigenvalue weighted by Gasteiger charge is -2.19. The summed E-state index contributed by atoms with van der Waals surface area (Å²) in [6.07, 6.45) is -4.63. The molecular weight excluding hydrogens is 363 g/mol. The number of nitrogens with zero attached hydrogens (tertiary/aromatic N) is 1. The van der Waals surface area contributed by atoms with E-state index in [-0.39, 0.29) is 24.6 Å². The summed E-state index contributed by atoms with van der Waals surface area (Å²) in [5.41, 5.74) is 1.36. The normalized spacial score (nSPS) is 11.0. The molecule has 0 aliphatic carbocycles. The lowest BCUT2D eigenvalue weighted by atomic mass is 10.1. The molecule has 146 valence electrons. The smallest absolute Gasteiger partial charge is 0.497 e. The second-order valence-corrected chi connectivity index (χ2v) is 5.80. The van der Waals surface area contributed by atoms with Crippen LogP contribution in [0.15, 0.2) is 42.5 Å². The van der Waals surface area contributed by atoms with Crippen LogP contribution in [0.1, 0.15) is 11.1 Å². The molecule has 2 aromatic rings. The molecule has 0 aromatic heterocycles. The van der Waals surface area contributed by atoms with Crippen LogP contribution in [0, 0.1) is 0 Å². The van der Waals surface area contributed by atoms with Crippen molar-refractivity contribution in [2.75, 3.05) is 21.3 Å². The summed E-state index contributed by atoms with van der Waals surface area (Å²) in [6, 6.07) is 10.6. The van der Waals surface area contributed by atoms with Crippen molar-refractivity contribution in [1.82, 2.24) is 4.90 Å². The number of likely N-dealkylation sites (N-methyl/N-ethyl adjacent to an activating group) is 1. The van der Waals surface area contributed by atoms with Crippen LogP contribution < -0.4 is 14.2 Å². The molecule has 0 N–H and O–H groups in total. The Morgan fingerprint density at radius 1 is 1.00 bits per heavy atom. The van der Waals surface area contributed by atoms with E-state index in [9.17, 15) is 18.0 Å². The topological polar surface area (TPSA) is 48.0 Å². The van der Waals surface area contributed by atoms with Crippen LogP contribution in [0.3, 0.4) is 0 Å². The lowest BCUT2D eigenvalue weighted by molar-refractivity contribution is -0.274. The van der Waals surface area contributed by atoms with E-state index in [4.69, 9.17) is 9.47 Å². The lowest BCUT2D eigenvalue weighted by Crippen LogP contribution is -2.27. The van der Waals surface area contributed by atoms with Crippen LogP contribution in [0.5, 0.6) is 17.2 Å². The van der Waals surface area contributed by atoms with Crippen LogP contribution in [0.4, 0.5) is 13.2 Å². The van der Waals surface area contributed by atoms with Gasteiger partial charge in [-0.15, -0.1) is 13.2 Å². The molecule has 5 nitrogen and oxygen atoms in total. The minimum absolute atomic E-state index is 0.103. The number of amides is 1. The molecule has 27 heavy (non-hydrogen) atoms. The van der Waals surface area contributed by atoms with Crippen LogP contribution in [0.2, 0.25) is 0 Å². The standard InChI is InChI=1S/C19H20F3NO4/c1-23(12-13-4-6-15(7-5-13)27-19(20,21)22)18(24)11-14-10-16(25-2)8-9-17(14)26-3/h4-10H,11-12H2,1-3H3. The van der Waals surface area contributed by atoms with Gasteiger partial charge in [-0.3, -0.25) is 4.79 Å². The van der Waals surface area contributed by atoms with E-state index in [2.05, 4.69) is 4.74 Å². The predicted molar refractivity (Wildman–Crippen MR) is 92.8 cm³/mol. The third-order valence-corrected chi connectivity index (χ3v) is 3.83. The van der Waals surface area contributed by atoms with E-state index < -0.39 is 6.36 Å². The van der Waals surface area contributed by atoms with E-state index in [1.807, 2.05) is 0 Å². The molecule has 1 amide bonds. The van der Waals surface area contributed by atoms with Crippen LogP contribution >= 0.6 is 0 Å². The molecule has 2 rings (SSSR count). The number of benzene rings is 2. The van der Waals surface area contributed by atoms with Gasteiger partial charge in [-0.1, -0.05) is 12.1 Å². The van der Waals surface area contributed by atoms with Gasteiger partial charge >= 0.3 is 6.36 Å². The number of carbonyl (C=O) groups is 1. The molecule has 0 heterocycles. The highest BCUT2D eigenvalue weighted by molar-refractivity contribution is 5.79. The second kappa shape index (κ2) is 8.66. The summed E-state index contributed by atoms with van der Waals surface area (Å²) in [6.45, 7) is 0.247. The molecule has 0 unspecified atom stereocenters. The number of rotatable bonds is 7. The van der Waals surface area contributed by atoms with Gasteiger partial charge in [0, 0.05) is 19.2 Å². The van der Waals surface area contributed by atoms with Gasteiger partial charge in [0.2, 0.25) is 5.91 Å². The minimum atomic E-state index is -4.73. The summed E-state index contributed by atoms with van der Waals surface area (Å²) < 4.78 is 50.8. The highest BCUT2D eigenvalue weighted by Gasteiger charge is 2.31. The van der Waals surface area contributed by atoms with Crippen LogP contribution in [-0.2, 0) is 17.8 Å². The average molecular weight is 383 g/mol. The van der Waals surface area contributed by atoms with Gasteiger partial charge in [-0.05, 0) is 35.9 Å². The van der Waals surface area contributed by atoms with Gasteiger partial charge in [0.05, 0.1) is 20.6 Å². The van der Waals surface area contributed by atoms with Crippen molar-refractivity contribution in [2.45, 2.75) is 19.3 Å². The average Bonchev–Trinajstić information content (AvgIpc) is 2.62. The Morgan fingerprint density at radius 2 is 1.63 bits per heavy atom. The Morgan fingerprint density at radius 3 is 2.19 bits per heavy atom. The van der Waals surface area contributed by atoms with Crippen molar-refractivity contribution in [1.29, 1.82) is 0 Å². The molecule has 0 aliphatic heterocycles. The molecule has 2 aromatic carbocycles. The number of ether oxygens (including phenoxy) is 3. The van der Waals surface area contributed by atoms with Crippen LogP contribution in [0.25, 0.3) is 0 Å². The molecular formula is C19H20F3NO4. The predicted octanol–water partition coefficient (Wildman–Crippen LogP) is 3.80. The van der Waals surface area contributed by atoms with Crippen LogP contribution in [-0.4, -0.2) is 38.4 Å². The minimum Gasteiger partial charge on any atom is -0.497 e. The Balaban J connectivity index is 2.01. The zero-order chi connectivity index (χ0) is 20.0. The van der Waals surface area contributed by atoms with Crippen molar-refractivity contribution < 1.29 is 32.2 Å². The maximum Gasteiger partial charge on any atom is 0.573 e. The van der Waals surface area contributed by atoms with Gasteiger partial charge in [0.1, 0.15) is 17.2 Å². The number of hydrogen-bond donors (Lipinski definition) is 0. The summed E-state index contributed by atoms with van der Waals surface area (Å²) in [4.78, 5) is 14.0. The third kappa shape index (κ3) is 6.09. The first-order valence-corrected chi connectivity index (χ1v) is 8.01. The molecule has 8 heteroatoms. The Hall–Kier alpha value is -2.90. The van der Waals surface area contributed by atoms with Crippen molar-refractivity contribution in [2.24, 2.45) is 0 Å². The van der Waals surface area contributed by atoms with Crippen molar-refractivity contribution in [3.8, 4) is 17.2 Å². The highest BCUT2D eigenvalue weighted by Crippen LogP contribution is 2.25. The maximum atomic E-state index is 12.5. The Bertz CT molecular complexity index is 776. The molecule has 0 spiro atoms. The summed E-state index contributed by atoms with van der Waals surface area (Å²) in [7, 11) is 4.67. The molecule has 0 saturated heterocycles. The molecule has 0 aliphatic rings. The summed E-state index contributed by atoms with van der Waals surface area (Å²) >= 11 is 0. The molecule has 0 atom stereocenters. The van der Waals surface area contributed by atoms with Gasteiger partial charge in [-0.25, -0.2) is 0 Å². The summed E-state index contributed by atoms with van der Waals surface area (Å²) in [5.74, 6) is 0.714. The van der Waals surface area contributed by atoms with Gasteiger partial charge in [-0.2, -0.15) is 0 Å². The van der Waals surface area contributed by atoms with E-state index >= 15 is 0 Å². The van der Waals surface area contributed by atoms with Crippen molar-refractivity contribution in [3.05, 3.63) is 53.6 Å². The monoisotopic (exact) mass is 383 g/mol. The van der Waals surface area contributed by atoms with E-state index in [1.165, 1.54) is 43.4 Å². The molecule has 0 saturated carbocycles. The first kappa shape index (κ1) is 20.4. The fourth-order valence-corrected chi connectivity index (χ4v) is 2.48. The second-order valence-electron chi connectivity index (χ2n) is 5.80. The SMILES string of the molecule is COc1ccc(OC)c(CC(=O)N(C)Cc2ccc(OC(F)(F)F)cc2)c1. The summed E-state index contributed by atoms with van der Waals surface area (Å²) in [5, 5.41) is 0. The van der Waals surface area contributed by atoms with E-state index in [0.29, 0.717) is 22.6 Å². The van der Waals surface area contributed by atoms with Crippen molar-refractivity contribution >= 4 is 5.91 Å². The number of halogens is 3. The first-order chi connectivity index (χ1) is 12.7.